The smallest absolute Gasteiger partial charge is 0.0782 e. The van der Waals surface area contributed by atoms with Crippen molar-refractivity contribution in [2.45, 2.75) is 51.9 Å². The quantitative estimate of drug-likeness (QED) is 0.393. The van der Waals surface area contributed by atoms with Crippen molar-refractivity contribution < 1.29 is 4.48 Å². The highest BCUT2D eigenvalue weighted by atomic mass is 15.3. The topological polar surface area (TPSA) is 0 Å². The van der Waals surface area contributed by atoms with Gasteiger partial charge < -0.3 is 4.48 Å². The first-order valence-corrected chi connectivity index (χ1v) is 6.23. The van der Waals surface area contributed by atoms with E-state index in [9.17, 15) is 0 Å². The molecule has 0 aliphatic heterocycles. The van der Waals surface area contributed by atoms with Gasteiger partial charge in [0.1, 0.15) is 0 Å². The second kappa shape index (κ2) is 8.28. The van der Waals surface area contributed by atoms with Crippen molar-refractivity contribution in [2.75, 3.05) is 27.2 Å². The van der Waals surface area contributed by atoms with Gasteiger partial charge in [-0.3, -0.25) is 0 Å². The molecule has 14 heavy (non-hydrogen) atoms. The maximum absolute atomic E-state index is 3.90. The van der Waals surface area contributed by atoms with E-state index in [2.05, 4.69) is 27.9 Å². The molecule has 0 aromatic heterocycles. The van der Waals surface area contributed by atoms with Crippen LogP contribution in [0.5, 0.6) is 0 Å². The summed E-state index contributed by atoms with van der Waals surface area (Å²) in [5.74, 6) is 0. The van der Waals surface area contributed by atoms with Crippen molar-refractivity contribution in [3.8, 4) is 0 Å². The zero-order valence-electron chi connectivity index (χ0n) is 10.5. The molecule has 0 aliphatic rings. The van der Waals surface area contributed by atoms with Crippen LogP contribution in [0, 0.1) is 6.92 Å². The fourth-order valence-corrected chi connectivity index (χ4v) is 1.80. The van der Waals surface area contributed by atoms with E-state index in [1.807, 2.05) is 0 Å². The van der Waals surface area contributed by atoms with Gasteiger partial charge in [0.25, 0.3) is 0 Å². The molecule has 0 bridgehead atoms. The van der Waals surface area contributed by atoms with E-state index in [1.54, 1.807) is 0 Å². The molecule has 1 radical (unpaired) electrons. The number of nitrogens with zero attached hydrogens (tertiary/aromatic N) is 1. The lowest BCUT2D eigenvalue weighted by Gasteiger charge is -2.29. The number of unbranched alkanes of at least 4 members (excludes halogenated alkanes) is 5. The molecule has 1 heteroatoms. The van der Waals surface area contributed by atoms with Crippen LogP contribution in [0.4, 0.5) is 0 Å². The van der Waals surface area contributed by atoms with Gasteiger partial charge in [0.15, 0.2) is 0 Å². The largest absolute Gasteiger partial charge is 0.328 e. The fraction of sp³-hybridized carbons (Fsp3) is 0.923. The zero-order chi connectivity index (χ0) is 10.9. The summed E-state index contributed by atoms with van der Waals surface area (Å²) in [7, 11) is 4.69. The Morgan fingerprint density at radius 1 is 0.857 bits per heavy atom. The number of hydrogen-bond donors (Lipinski definition) is 0. The van der Waals surface area contributed by atoms with Gasteiger partial charge in [-0.15, -0.1) is 0 Å². The molecule has 0 rings (SSSR count). The summed E-state index contributed by atoms with van der Waals surface area (Å²) in [6.45, 7) is 8.80. The Hall–Kier alpha value is -0.0400. The van der Waals surface area contributed by atoms with Gasteiger partial charge in [-0.05, 0) is 25.7 Å². The Balaban J connectivity index is 3.35. The molecule has 0 saturated heterocycles. The van der Waals surface area contributed by atoms with Crippen molar-refractivity contribution >= 4 is 0 Å². The van der Waals surface area contributed by atoms with E-state index < -0.39 is 0 Å². The monoisotopic (exact) mass is 199 g/mol. The molecule has 0 heterocycles. The van der Waals surface area contributed by atoms with Gasteiger partial charge in [-0.25, -0.2) is 0 Å². The molecule has 0 aliphatic carbocycles. The van der Waals surface area contributed by atoms with Crippen LogP contribution in [0.25, 0.3) is 0 Å². The molecule has 0 spiro atoms. The molecule has 0 atom stereocenters. The van der Waals surface area contributed by atoms with Gasteiger partial charge in [0, 0.05) is 0 Å². The Bertz CT molecular complexity index is 118. The summed E-state index contributed by atoms with van der Waals surface area (Å²) in [5, 5.41) is 0. The van der Waals surface area contributed by atoms with Crippen molar-refractivity contribution in [3.63, 3.8) is 0 Å². The second-order valence-electron chi connectivity index (χ2n) is 5.00. The average molecular weight is 199 g/mol. The van der Waals surface area contributed by atoms with Crippen LogP contribution in [0.1, 0.15) is 51.9 Å². The maximum Gasteiger partial charge on any atom is 0.0782 e. The minimum absolute atomic E-state index is 1.08. The van der Waals surface area contributed by atoms with Crippen LogP contribution in [0.3, 0.4) is 0 Å². The minimum atomic E-state index is 1.08. The van der Waals surface area contributed by atoms with Gasteiger partial charge in [0.2, 0.25) is 0 Å². The maximum atomic E-state index is 3.90. The standard InChI is InChI=1S/C13H29N/c1-5-7-9-10-11-13-14(3,4)12-8-6-2/h2,5-13H2,1,3-4H3/q+1. The van der Waals surface area contributed by atoms with Gasteiger partial charge in [-0.1, -0.05) is 33.1 Å². The van der Waals surface area contributed by atoms with Crippen LogP contribution >= 0.6 is 0 Å². The Labute approximate surface area is 91.1 Å². The van der Waals surface area contributed by atoms with Gasteiger partial charge in [0.05, 0.1) is 27.2 Å². The SMILES string of the molecule is [CH2]CCC[N+](C)(C)CCCCCCC. The van der Waals surface area contributed by atoms with Crippen molar-refractivity contribution in [2.24, 2.45) is 0 Å². The first kappa shape index (κ1) is 14.0. The molecule has 0 N–H and O–H groups in total. The lowest BCUT2D eigenvalue weighted by molar-refractivity contribution is -0.890. The molecule has 85 valence electrons. The summed E-state index contributed by atoms with van der Waals surface area (Å²) in [6, 6.07) is 0. The van der Waals surface area contributed by atoms with E-state index in [0.717, 1.165) is 6.42 Å². The van der Waals surface area contributed by atoms with Crippen molar-refractivity contribution in [1.29, 1.82) is 0 Å². The molecular formula is C13H29N+. The van der Waals surface area contributed by atoms with Gasteiger partial charge in [-0.2, -0.15) is 0 Å². The first-order valence-electron chi connectivity index (χ1n) is 6.23. The summed E-state index contributed by atoms with van der Waals surface area (Å²) in [6.07, 6.45) is 9.33. The van der Waals surface area contributed by atoms with E-state index in [4.69, 9.17) is 0 Å². The predicted octanol–water partition coefficient (Wildman–Crippen LogP) is 3.65. The van der Waals surface area contributed by atoms with Crippen LogP contribution in [-0.2, 0) is 0 Å². The molecule has 0 fully saturated rings. The van der Waals surface area contributed by atoms with Gasteiger partial charge >= 0.3 is 0 Å². The Morgan fingerprint density at radius 3 is 2.00 bits per heavy atom. The van der Waals surface area contributed by atoms with E-state index in [-0.39, 0.29) is 0 Å². The lowest BCUT2D eigenvalue weighted by Crippen LogP contribution is -2.41. The molecule has 0 saturated carbocycles. The fourth-order valence-electron chi connectivity index (χ4n) is 1.80. The van der Waals surface area contributed by atoms with Crippen LogP contribution in [-0.4, -0.2) is 31.7 Å². The van der Waals surface area contributed by atoms with Crippen LogP contribution in [0.15, 0.2) is 0 Å². The molecule has 0 aromatic carbocycles. The summed E-state index contributed by atoms with van der Waals surface area (Å²) in [4.78, 5) is 0. The van der Waals surface area contributed by atoms with E-state index in [0.29, 0.717) is 0 Å². The molecule has 0 amide bonds. The predicted molar refractivity (Wildman–Crippen MR) is 65.2 cm³/mol. The summed E-state index contributed by atoms with van der Waals surface area (Å²) < 4.78 is 1.18. The summed E-state index contributed by atoms with van der Waals surface area (Å²) in [5.41, 5.74) is 0. The van der Waals surface area contributed by atoms with Crippen molar-refractivity contribution in [1.82, 2.24) is 0 Å². The normalized spacial score (nSPS) is 12.0. The number of rotatable bonds is 9. The molecule has 0 aromatic rings. The highest BCUT2D eigenvalue weighted by Crippen LogP contribution is 2.08. The first-order chi connectivity index (χ1) is 6.62. The highest BCUT2D eigenvalue weighted by molar-refractivity contribution is 4.44. The number of hydrogen-bond acceptors (Lipinski definition) is 0. The zero-order valence-corrected chi connectivity index (χ0v) is 10.5. The molecular weight excluding hydrogens is 170 g/mol. The number of quaternary nitrogens is 1. The third kappa shape index (κ3) is 8.55. The van der Waals surface area contributed by atoms with Crippen molar-refractivity contribution in [3.05, 3.63) is 6.92 Å². The Kier molecular flexibility index (Phi) is 8.26. The van der Waals surface area contributed by atoms with E-state index in [1.165, 1.54) is 56.1 Å². The second-order valence-corrected chi connectivity index (χ2v) is 5.00. The van der Waals surface area contributed by atoms with E-state index >= 15 is 0 Å². The third-order valence-corrected chi connectivity index (χ3v) is 2.88. The molecule has 0 unspecified atom stereocenters. The third-order valence-electron chi connectivity index (χ3n) is 2.88. The van der Waals surface area contributed by atoms with Crippen LogP contribution in [0.2, 0.25) is 0 Å². The average Bonchev–Trinajstić information content (AvgIpc) is 2.15. The lowest BCUT2D eigenvalue weighted by atomic mass is 10.1. The summed E-state index contributed by atoms with van der Waals surface area (Å²) >= 11 is 0. The van der Waals surface area contributed by atoms with Crippen LogP contribution < -0.4 is 0 Å². The molecule has 1 nitrogen and oxygen atoms in total. The Morgan fingerprint density at radius 2 is 1.43 bits per heavy atom. The highest BCUT2D eigenvalue weighted by Gasteiger charge is 2.12. The minimum Gasteiger partial charge on any atom is -0.328 e.